The molecule has 6 nitrogen and oxygen atoms in total. The van der Waals surface area contributed by atoms with Crippen molar-refractivity contribution in [1.82, 2.24) is 14.8 Å². The number of fused-ring (bicyclic) bond motifs is 1. The van der Waals surface area contributed by atoms with Crippen LogP contribution < -0.4 is 0 Å². The number of aromatic nitrogens is 3. The second-order valence-corrected chi connectivity index (χ2v) is 4.76. The smallest absolute Gasteiger partial charge is 0.220 e. The zero-order valence-corrected chi connectivity index (χ0v) is 11.8. The van der Waals surface area contributed by atoms with Gasteiger partial charge in [-0.2, -0.15) is 10.4 Å². The van der Waals surface area contributed by atoms with Crippen LogP contribution in [0.3, 0.4) is 0 Å². The highest BCUT2D eigenvalue weighted by Gasteiger charge is 2.23. The molecule has 0 saturated heterocycles. The molecule has 0 aliphatic carbocycles. The van der Waals surface area contributed by atoms with E-state index in [0.29, 0.717) is 11.1 Å². The Morgan fingerprint density at radius 2 is 2.27 bits per heavy atom. The van der Waals surface area contributed by atoms with Crippen LogP contribution in [0.2, 0.25) is 0 Å². The van der Waals surface area contributed by atoms with E-state index in [9.17, 15) is 10.1 Å². The quantitative estimate of drug-likeness (QED) is 0.689. The summed E-state index contributed by atoms with van der Waals surface area (Å²) >= 11 is 0. The topological polar surface area (TPSA) is 84.7 Å². The van der Waals surface area contributed by atoms with Crippen molar-refractivity contribution in [3.05, 3.63) is 54.2 Å². The molecule has 0 bridgehead atoms. The minimum atomic E-state index is -1.06. The van der Waals surface area contributed by atoms with Crippen LogP contribution in [0.5, 0.6) is 0 Å². The van der Waals surface area contributed by atoms with Crippen LogP contribution in [0.15, 0.2) is 47.2 Å². The molecule has 0 aliphatic heterocycles. The van der Waals surface area contributed by atoms with Crippen molar-refractivity contribution in [2.45, 2.75) is 5.92 Å². The molecule has 3 rings (SSSR count). The average Bonchev–Trinajstić information content (AvgIpc) is 3.11. The van der Waals surface area contributed by atoms with Crippen LogP contribution >= 0.6 is 0 Å². The zero-order chi connectivity index (χ0) is 15.5. The molecule has 0 saturated carbocycles. The lowest BCUT2D eigenvalue weighted by Crippen LogP contribution is -2.08. The number of hydrogen-bond acceptors (Lipinski definition) is 5. The molecular formula is C16H12N4O2. The molecule has 0 spiro atoms. The molecule has 6 heteroatoms. The maximum absolute atomic E-state index is 12.2. The number of ketones is 1. The van der Waals surface area contributed by atoms with E-state index in [0.717, 1.165) is 5.56 Å². The Hall–Kier alpha value is -3.20. The summed E-state index contributed by atoms with van der Waals surface area (Å²) in [5.41, 5.74) is 1.97. The second-order valence-electron chi connectivity index (χ2n) is 4.76. The number of para-hydroxylation sites is 2. The minimum absolute atomic E-state index is 0.115. The molecule has 22 heavy (non-hydrogen) atoms. The summed E-state index contributed by atoms with van der Waals surface area (Å²) in [4.78, 5) is 16.4. The van der Waals surface area contributed by atoms with Crippen molar-refractivity contribution in [2.24, 2.45) is 7.05 Å². The van der Waals surface area contributed by atoms with Crippen molar-refractivity contribution in [3.8, 4) is 6.07 Å². The predicted octanol–water partition coefficient (Wildman–Crippen LogP) is 2.45. The van der Waals surface area contributed by atoms with Gasteiger partial charge in [0.05, 0.1) is 12.3 Å². The molecule has 1 unspecified atom stereocenters. The van der Waals surface area contributed by atoms with Crippen LogP contribution in [0, 0.1) is 11.3 Å². The number of oxazole rings is 1. The Labute approximate surface area is 126 Å². The van der Waals surface area contributed by atoms with Crippen molar-refractivity contribution in [3.63, 3.8) is 0 Å². The monoisotopic (exact) mass is 292 g/mol. The van der Waals surface area contributed by atoms with Gasteiger partial charge in [0.1, 0.15) is 5.52 Å². The van der Waals surface area contributed by atoms with Gasteiger partial charge in [0.2, 0.25) is 5.89 Å². The van der Waals surface area contributed by atoms with Crippen LogP contribution in [0.25, 0.3) is 17.2 Å². The first-order chi connectivity index (χ1) is 10.7. The number of nitriles is 1. The Balaban J connectivity index is 1.85. The second kappa shape index (κ2) is 5.66. The normalized spacial score (nSPS) is 12.5. The molecule has 2 heterocycles. The Morgan fingerprint density at radius 3 is 2.95 bits per heavy atom. The van der Waals surface area contributed by atoms with Gasteiger partial charge in [-0.3, -0.25) is 9.48 Å². The van der Waals surface area contributed by atoms with E-state index in [1.165, 1.54) is 6.08 Å². The lowest BCUT2D eigenvalue weighted by atomic mass is 10.1. The van der Waals surface area contributed by atoms with E-state index in [4.69, 9.17) is 4.42 Å². The summed E-state index contributed by atoms with van der Waals surface area (Å²) in [5, 5.41) is 13.3. The van der Waals surface area contributed by atoms with Gasteiger partial charge in [-0.1, -0.05) is 12.1 Å². The highest BCUT2D eigenvalue weighted by atomic mass is 16.3. The third-order valence-electron chi connectivity index (χ3n) is 3.14. The number of carbonyl (C=O) groups excluding carboxylic acids is 1. The highest BCUT2D eigenvalue weighted by molar-refractivity contribution is 6.00. The maximum Gasteiger partial charge on any atom is 0.220 e. The molecule has 0 N–H and O–H groups in total. The molecule has 0 amide bonds. The summed E-state index contributed by atoms with van der Waals surface area (Å²) in [6.07, 6.45) is 6.36. The highest BCUT2D eigenvalue weighted by Crippen LogP contribution is 2.22. The molecule has 0 radical (unpaired) electrons. The number of hydrogen-bond donors (Lipinski definition) is 0. The van der Waals surface area contributed by atoms with E-state index < -0.39 is 5.92 Å². The fourth-order valence-electron chi connectivity index (χ4n) is 2.05. The fraction of sp³-hybridized carbons (Fsp3) is 0.125. The number of rotatable bonds is 4. The first-order valence-electron chi connectivity index (χ1n) is 6.63. The summed E-state index contributed by atoms with van der Waals surface area (Å²) < 4.78 is 7.13. The van der Waals surface area contributed by atoms with Crippen molar-refractivity contribution < 1.29 is 9.21 Å². The van der Waals surface area contributed by atoms with Gasteiger partial charge < -0.3 is 4.42 Å². The zero-order valence-electron chi connectivity index (χ0n) is 11.8. The van der Waals surface area contributed by atoms with E-state index in [2.05, 4.69) is 10.1 Å². The van der Waals surface area contributed by atoms with E-state index in [-0.39, 0.29) is 11.7 Å². The minimum Gasteiger partial charge on any atom is -0.439 e. The van der Waals surface area contributed by atoms with Crippen LogP contribution in [-0.2, 0) is 11.8 Å². The molecule has 0 fully saturated rings. The first kappa shape index (κ1) is 13.8. The van der Waals surface area contributed by atoms with Crippen LogP contribution in [-0.4, -0.2) is 20.5 Å². The SMILES string of the molecule is Cn1cc(/C=C/C(=O)C(C#N)c2nc3ccccc3o2)cn1. The fourth-order valence-corrected chi connectivity index (χ4v) is 2.05. The van der Waals surface area contributed by atoms with Crippen molar-refractivity contribution in [1.29, 1.82) is 5.26 Å². The third-order valence-corrected chi connectivity index (χ3v) is 3.14. The number of nitrogens with zero attached hydrogens (tertiary/aromatic N) is 4. The van der Waals surface area contributed by atoms with Gasteiger partial charge in [0.25, 0.3) is 0 Å². The van der Waals surface area contributed by atoms with Gasteiger partial charge in [0.15, 0.2) is 17.3 Å². The Morgan fingerprint density at radius 1 is 1.45 bits per heavy atom. The summed E-state index contributed by atoms with van der Waals surface area (Å²) in [5.74, 6) is -1.32. The lowest BCUT2D eigenvalue weighted by Gasteiger charge is -1.98. The summed E-state index contributed by atoms with van der Waals surface area (Å²) in [6, 6.07) is 9.09. The molecular weight excluding hydrogens is 280 g/mol. The van der Waals surface area contributed by atoms with E-state index in [1.54, 1.807) is 42.3 Å². The molecule has 108 valence electrons. The predicted molar refractivity (Wildman–Crippen MR) is 79.6 cm³/mol. The first-order valence-corrected chi connectivity index (χ1v) is 6.63. The standard InChI is InChI=1S/C16H12N4O2/c1-20-10-11(9-18-20)6-7-14(21)12(8-17)16-19-13-4-2-3-5-15(13)22-16/h2-7,9-10,12H,1H3/b7-6+. The van der Waals surface area contributed by atoms with E-state index >= 15 is 0 Å². The molecule has 1 aromatic carbocycles. The third kappa shape index (κ3) is 2.65. The van der Waals surface area contributed by atoms with Crippen LogP contribution in [0.1, 0.15) is 17.4 Å². The van der Waals surface area contributed by atoms with Gasteiger partial charge in [-0.15, -0.1) is 0 Å². The number of aryl methyl sites for hydroxylation is 1. The Bertz CT molecular complexity index is 865. The number of allylic oxidation sites excluding steroid dienone is 1. The maximum atomic E-state index is 12.2. The molecule has 2 aromatic heterocycles. The largest absolute Gasteiger partial charge is 0.439 e. The van der Waals surface area contributed by atoms with Crippen molar-refractivity contribution >= 4 is 23.0 Å². The van der Waals surface area contributed by atoms with E-state index in [1.807, 2.05) is 18.2 Å². The summed E-state index contributed by atoms with van der Waals surface area (Å²) in [7, 11) is 1.79. The van der Waals surface area contributed by atoms with Gasteiger partial charge >= 0.3 is 0 Å². The van der Waals surface area contributed by atoms with Gasteiger partial charge in [-0.25, -0.2) is 4.98 Å². The molecule has 3 aromatic rings. The van der Waals surface area contributed by atoms with Crippen LogP contribution in [0.4, 0.5) is 0 Å². The Kier molecular flexibility index (Phi) is 3.54. The molecule has 0 aliphatic rings. The number of carbonyl (C=O) groups is 1. The van der Waals surface area contributed by atoms with Gasteiger partial charge in [-0.05, 0) is 24.3 Å². The number of benzene rings is 1. The average molecular weight is 292 g/mol. The summed E-state index contributed by atoms with van der Waals surface area (Å²) in [6.45, 7) is 0. The molecule has 1 atom stereocenters. The lowest BCUT2D eigenvalue weighted by molar-refractivity contribution is -0.115. The van der Waals surface area contributed by atoms with Crippen molar-refractivity contribution in [2.75, 3.05) is 0 Å². The van der Waals surface area contributed by atoms with Gasteiger partial charge in [0, 0.05) is 18.8 Å².